The lowest BCUT2D eigenvalue weighted by atomic mass is 10.3. The van der Waals surface area contributed by atoms with Gasteiger partial charge in [0.1, 0.15) is 5.57 Å². The van der Waals surface area contributed by atoms with Crippen LogP contribution in [0.1, 0.15) is 27.7 Å². The highest BCUT2D eigenvalue weighted by molar-refractivity contribution is 5.87. The summed E-state index contributed by atoms with van der Waals surface area (Å²) in [5, 5.41) is 9.02. The van der Waals surface area contributed by atoms with Crippen LogP contribution in [0.2, 0.25) is 0 Å². The molecule has 0 saturated carbocycles. The maximum Gasteiger partial charge on any atom is 0.340 e. The third-order valence-corrected chi connectivity index (χ3v) is 1.44. The van der Waals surface area contributed by atoms with Gasteiger partial charge in [0, 0.05) is 0 Å². The van der Waals surface area contributed by atoms with Gasteiger partial charge in [-0.15, -0.1) is 0 Å². The zero-order valence-electron chi connectivity index (χ0n) is 9.57. The Hall–Kier alpha value is -1.23. The zero-order chi connectivity index (χ0) is 11.8. The van der Waals surface area contributed by atoms with E-state index in [0.29, 0.717) is 6.61 Å². The lowest BCUT2D eigenvalue weighted by molar-refractivity contribution is -0.141. The van der Waals surface area contributed by atoms with Gasteiger partial charge < -0.3 is 19.3 Å². The molecule has 88 valence electrons. The van der Waals surface area contributed by atoms with Crippen LogP contribution < -0.4 is 0 Å². The minimum Gasteiger partial charge on any atom is -0.465 e. The topological polar surface area (TPSA) is 65.0 Å². The van der Waals surface area contributed by atoms with Crippen LogP contribution in [-0.2, 0) is 19.0 Å². The summed E-state index contributed by atoms with van der Waals surface area (Å²) in [7, 11) is 0. The SMILES string of the molecule is CCOC(=O)/C(C)=C(/OCC)OC(C)O. The molecule has 5 nitrogen and oxygen atoms in total. The van der Waals surface area contributed by atoms with Crippen LogP contribution in [0.4, 0.5) is 0 Å². The summed E-state index contributed by atoms with van der Waals surface area (Å²) in [4.78, 5) is 11.3. The van der Waals surface area contributed by atoms with E-state index in [9.17, 15) is 4.79 Å². The highest BCUT2D eigenvalue weighted by Crippen LogP contribution is 2.11. The average Bonchev–Trinajstić information content (AvgIpc) is 2.16. The number of aliphatic hydroxyl groups is 1. The smallest absolute Gasteiger partial charge is 0.340 e. The molecule has 0 saturated heterocycles. The lowest BCUT2D eigenvalue weighted by Gasteiger charge is -2.14. The summed E-state index contributed by atoms with van der Waals surface area (Å²) in [5.41, 5.74) is 0.208. The maximum absolute atomic E-state index is 11.3. The third-order valence-electron chi connectivity index (χ3n) is 1.44. The van der Waals surface area contributed by atoms with Crippen molar-refractivity contribution in [2.45, 2.75) is 34.0 Å². The number of esters is 1. The molecule has 1 N–H and O–H groups in total. The first-order valence-electron chi connectivity index (χ1n) is 4.88. The summed E-state index contributed by atoms with van der Waals surface area (Å²) in [6.07, 6.45) is -1.03. The summed E-state index contributed by atoms with van der Waals surface area (Å²) in [6.45, 7) is 7.04. The number of aliphatic hydroxyl groups excluding tert-OH is 1. The molecule has 1 atom stereocenters. The van der Waals surface area contributed by atoms with Crippen molar-refractivity contribution in [3.8, 4) is 0 Å². The molecule has 1 unspecified atom stereocenters. The average molecular weight is 218 g/mol. The van der Waals surface area contributed by atoms with Crippen molar-refractivity contribution >= 4 is 5.97 Å². The third kappa shape index (κ3) is 5.27. The Morgan fingerprint density at radius 2 is 1.80 bits per heavy atom. The number of hydrogen-bond acceptors (Lipinski definition) is 5. The summed E-state index contributed by atoms with van der Waals surface area (Å²) >= 11 is 0. The Balaban J connectivity index is 4.65. The van der Waals surface area contributed by atoms with Crippen molar-refractivity contribution in [2.75, 3.05) is 13.2 Å². The number of carbonyl (C=O) groups is 1. The van der Waals surface area contributed by atoms with Crippen molar-refractivity contribution < 1.29 is 24.1 Å². The summed E-state index contributed by atoms with van der Waals surface area (Å²) in [6, 6.07) is 0. The number of rotatable bonds is 6. The van der Waals surface area contributed by atoms with E-state index in [4.69, 9.17) is 19.3 Å². The molecule has 0 aliphatic carbocycles. The van der Waals surface area contributed by atoms with Gasteiger partial charge in [0.05, 0.1) is 13.2 Å². The molecule has 0 rings (SSSR count). The number of carbonyl (C=O) groups excluding carboxylic acids is 1. The second kappa shape index (κ2) is 7.11. The van der Waals surface area contributed by atoms with Gasteiger partial charge in [-0.2, -0.15) is 0 Å². The Labute approximate surface area is 89.6 Å². The minimum absolute atomic E-state index is 0.00551. The van der Waals surface area contributed by atoms with E-state index in [1.54, 1.807) is 13.8 Å². The highest BCUT2D eigenvalue weighted by atomic mass is 16.7. The summed E-state index contributed by atoms with van der Waals surface area (Å²) < 4.78 is 14.8. The van der Waals surface area contributed by atoms with Crippen LogP contribution in [0.15, 0.2) is 11.5 Å². The van der Waals surface area contributed by atoms with Crippen LogP contribution in [0.5, 0.6) is 0 Å². The van der Waals surface area contributed by atoms with Gasteiger partial charge in [-0.1, -0.05) is 0 Å². The zero-order valence-corrected chi connectivity index (χ0v) is 9.57. The van der Waals surface area contributed by atoms with Gasteiger partial charge in [0.2, 0.25) is 0 Å². The molecule has 0 fully saturated rings. The van der Waals surface area contributed by atoms with Gasteiger partial charge in [0.25, 0.3) is 5.95 Å². The predicted octanol–water partition coefficient (Wildman–Crippen LogP) is 1.17. The molecule has 0 spiro atoms. The predicted molar refractivity (Wildman–Crippen MR) is 53.7 cm³/mol. The summed E-state index contributed by atoms with van der Waals surface area (Å²) in [5.74, 6) is -0.507. The van der Waals surface area contributed by atoms with Crippen molar-refractivity contribution in [3.63, 3.8) is 0 Å². The molecule has 0 bridgehead atoms. The fraction of sp³-hybridized carbons (Fsp3) is 0.700. The lowest BCUT2D eigenvalue weighted by Crippen LogP contribution is -2.15. The molecule has 5 heteroatoms. The second-order valence-corrected chi connectivity index (χ2v) is 2.78. The Morgan fingerprint density at radius 1 is 1.27 bits per heavy atom. The second-order valence-electron chi connectivity index (χ2n) is 2.78. The van der Waals surface area contributed by atoms with Crippen molar-refractivity contribution in [2.24, 2.45) is 0 Å². The van der Waals surface area contributed by atoms with E-state index in [0.717, 1.165) is 0 Å². The molecular formula is C10H18O5. The highest BCUT2D eigenvalue weighted by Gasteiger charge is 2.16. The molecule has 0 aliphatic heterocycles. The largest absolute Gasteiger partial charge is 0.465 e. The molecule has 0 aromatic carbocycles. The van der Waals surface area contributed by atoms with Gasteiger partial charge in [-0.3, -0.25) is 0 Å². The van der Waals surface area contributed by atoms with Crippen LogP contribution >= 0.6 is 0 Å². The monoisotopic (exact) mass is 218 g/mol. The molecule has 0 heterocycles. The van der Waals surface area contributed by atoms with E-state index in [1.165, 1.54) is 13.8 Å². The molecular weight excluding hydrogens is 200 g/mol. The standard InChI is InChI=1S/C10H18O5/c1-5-13-9(12)7(3)10(14-6-2)15-8(4)11/h8,11H,5-6H2,1-4H3/b10-7-. The van der Waals surface area contributed by atoms with E-state index in [1.807, 2.05) is 0 Å². The normalized spacial score (nSPS) is 13.9. The van der Waals surface area contributed by atoms with Crippen molar-refractivity contribution in [1.82, 2.24) is 0 Å². The first-order chi connectivity index (χ1) is 7.02. The van der Waals surface area contributed by atoms with Gasteiger partial charge in [0.15, 0.2) is 6.29 Å². The van der Waals surface area contributed by atoms with E-state index < -0.39 is 12.3 Å². The first-order valence-corrected chi connectivity index (χ1v) is 4.88. The first kappa shape index (κ1) is 13.8. The van der Waals surface area contributed by atoms with Crippen molar-refractivity contribution in [3.05, 3.63) is 11.5 Å². The quantitative estimate of drug-likeness (QED) is 0.314. The number of ether oxygens (including phenoxy) is 3. The molecule has 0 aromatic heterocycles. The molecule has 0 aromatic rings. The van der Waals surface area contributed by atoms with Crippen LogP contribution in [0.25, 0.3) is 0 Å². The molecule has 0 radical (unpaired) electrons. The Bertz CT molecular complexity index is 232. The minimum atomic E-state index is -1.03. The molecule has 0 aliphatic rings. The van der Waals surface area contributed by atoms with Crippen LogP contribution in [0, 0.1) is 0 Å². The maximum atomic E-state index is 11.3. The fourth-order valence-corrected chi connectivity index (χ4v) is 0.839. The van der Waals surface area contributed by atoms with E-state index >= 15 is 0 Å². The molecule has 0 amide bonds. The van der Waals surface area contributed by atoms with Gasteiger partial charge in [-0.25, -0.2) is 4.79 Å². The Morgan fingerprint density at radius 3 is 2.20 bits per heavy atom. The van der Waals surface area contributed by atoms with Crippen molar-refractivity contribution in [1.29, 1.82) is 0 Å². The van der Waals surface area contributed by atoms with E-state index in [-0.39, 0.29) is 18.1 Å². The van der Waals surface area contributed by atoms with Crippen LogP contribution in [-0.4, -0.2) is 30.6 Å². The van der Waals surface area contributed by atoms with Gasteiger partial charge in [-0.05, 0) is 27.7 Å². The number of hydrogen-bond donors (Lipinski definition) is 1. The van der Waals surface area contributed by atoms with Gasteiger partial charge >= 0.3 is 5.97 Å². The fourth-order valence-electron chi connectivity index (χ4n) is 0.839. The Kier molecular flexibility index (Phi) is 6.53. The van der Waals surface area contributed by atoms with Crippen LogP contribution in [0.3, 0.4) is 0 Å². The molecule has 15 heavy (non-hydrogen) atoms. The van der Waals surface area contributed by atoms with E-state index in [2.05, 4.69) is 0 Å².